The zero-order valence-electron chi connectivity index (χ0n) is 16.2. The largest absolute Gasteiger partial charge is 0.352 e. The second-order valence-electron chi connectivity index (χ2n) is 6.38. The minimum atomic E-state index is -3.63. The van der Waals surface area contributed by atoms with Crippen molar-refractivity contribution in [2.45, 2.75) is 19.4 Å². The Bertz CT molecular complexity index is 929. The number of amides is 2. The summed E-state index contributed by atoms with van der Waals surface area (Å²) in [7, 11) is -2.28. The minimum Gasteiger partial charge on any atom is -0.352 e. The van der Waals surface area contributed by atoms with E-state index in [4.69, 9.17) is 0 Å². The molecule has 0 fully saturated rings. The number of para-hydroxylation sites is 1. The summed E-state index contributed by atoms with van der Waals surface area (Å²) in [5, 5.41) is 5.49. The number of likely N-dealkylation sites (N-methyl/N-ethyl adjacent to an activating group) is 1. The van der Waals surface area contributed by atoms with E-state index in [0.717, 1.165) is 17.0 Å². The monoisotopic (exact) mass is 403 g/mol. The van der Waals surface area contributed by atoms with Crippen molar-refractivity contribution < 1.29 is 18.0 Å². The summed E-state index contributed by atoms with van der Waals surface area (Å²) in [6.07, 6.45) is 1.83. The molecule has 28 heavy (non-hydrogen) atoms. The van der Waals surface area contributed by atoms with Crippen molar-refractivity contribution >= 4 is 27.5 Å². The van der Waals surface area contributed by atoms with Gasteiger partial charge in [0.15, 0.2) is 0 Å². The molecule has 1 unspecified atom stereocenters. The van der Waals surface area contributed by atoms with Crippen LogP contribution >= 0.6 is 0 Å². The van der Waals surface area contributed by atoms with Gasteiger partial charge >= 0.3 is 0 Å². The highest BCUT2D eigenvalue weighted by atomic mass is 32.2. The van der Waals surface area contributed by atoms with Crippen LogP contribution in [0.15, 0.2) is 54.6 Å². The van der Waals surface area contributed by atoms with Gasteiger partial charge in [0.05, 0.1) is 17.5 Å². The summed E-state index contributed by atoms with van der Waals surface area (Å²) in [6, 6.07) is 14.2. The first-order valence-electron chi connectivity index (χ1n) is 8.91. The lowest BCUT2D eigenvalue weighted by atomic mass is 10.1. The number of benzene rings is 2. The van der Waals surface area contributed by atoms with Crippen molar-refractivity contribution in [3.05, 3.63) is 65.7 Å². The van der Waals surface area contributed by atoms with Crippen LogP contribution in [0.3, 0.4) is 0 Å². The molecule has 0 saturated heterocycles. The third-order valence-corrected chi connectivity index (χ3v) is 5.47. The molecule has 8 heteroatoms. The van der Waals surface area contributed by atoms with Gasteiger partial charge in [0, 0.05) is 13.6 Å². The first-order valence-corrected chi connectivity index (χ1v) is 10.8. The predicted octanol–water partition coefficient (Wildman–Crippen LogP) is 2.40. The van der Waals surface area contributed by atoms with Crippen molar-refractivity contribution in [2.75, 3.05) is 25.2 Å². The number of carbonyl (C=O) groups excluding carboxylic acids is 2. The highest BCUT2D eigenvalue weighted by Gasteiger charge is 2.31. The van der Waals surface area contributed by atoms with Gasteiger partial charge in [-0.2, -0.15) is 4.31 Å². The van der Waals surface area contributed by atoms with Gasteiger partial charge in [0.25, 0.3) is 5.91 Å². The number of sulfonamides is 1. The number of carbonyl (C=O) groups is 2. The SMILES string of the molecule is CCCNC(=O)c1ccccc1NC(=O)C(c1ccccc1)N(C)S(C)(=O)=O. The maximum absolute atomic E-state index is 13.0. The Balaban J connectivity index is 2.36. The Hall–Kier alpha value is -2.71. The maximum Gasteiger partial charge on any atom is 0.253 e. The van der Waals surface area contributed by atoms with Crippen molar-refractivity contribution in [1.29, 1.82) is 0 Å². The Labute approximate surface area is 165 Å². The summed E-state index contributed by atoms with van der Waals surface area (Å²) >= 11 is 0. The van der Waals surface area contributed by atoms with E-state index in [1.54, 1.807) is 54.6 Å². The zero-order valence-corrected chi connectivity index (χ0v) is 17.0. The maximum atomic E-state index is 13.0. The first-order chi connectivity index (χ1) is 13.3. The number of hydrogen-bond donors (Lipinski definition) is 2. The van der Waals surface area contributed by atoms with Gasteiger partial charge in [-0.05, 0) is 24.1 Å². The summed E-state index contributed by atoms with van der Waals surface area (Å²) in [6.45, 7) is 2.46. The van der Waals surface area contributed by atoms with Gasteiger partial charge < -0.3 is 10.6 Å². The smallest absolute Gasteiger partial charge is 0.253 e. The predicted molar refractivity (Wildman–Crippen MR) is 109 cm³/mol. The van der Waals surface area contributed by atoms with Gasteiger partial charge in [-0.25, -0.2) is 8.42 Å². The number of hydrogen-bond acceptors (Lipinski definition) is 4. The van der Waals surface area contributed by atoms with Crippen LogP contribution in [-0.2, 0) is 14.8 Å². The fourth-order valence-corrected chi connectivity index (χ4v) is 3.28. The topological polar surface area (TPSA) is 95.6 Å². The van der Waals surface area contributed by atoms with Crippen molar-refractivity contribution in [2.24, 2.45) is 0 Å². The van der Waals surface area contributed by atoms with Gasteiger partial charge in [-0.3, -0.25) is 9.59 Å². The van der Waals surface area contributed by atoms with Crippen molar-refractivity contribution in [3.8, 4) is 0 Å². The molecular formula is C20H25N3O4S. The van der Waals surface area contributed by atoms with Crippen LogP contribution in [0.5, 0.6) is 0 Å². The van der Waals surface area contributed by atoms with Crippen LogP contribution in [-0.4, -0.2) is 44.4 Å². The van der Waals surface area contributed by atoms with E-state index in [0.29, 0.717) is 23.4 Å². The summed E-state index contributed by atoms with van der Waals surface area (Å²) in [4.78, 5) is 25.4. The van der Waals surface area contributed by atoms with E-state index < -0.39 is 22.0 Å². The average Bonchev–Trinajstić information content (AvgIpc) is 2.66. The Morgan fingerprint density at radius 1 is 1.04 bits per heavy atom. The molecule has 0 bridgehead atoms. The van der Waals surface area contributed by atoms with E-state index in [9.17, 15) is 18.0 Å². The molecular weight excluding hydrogens is 378 g/mol. The molecule has 0 aliphatic rings. The van der Waals surface area contributed by atoms with Crippen LogP contribution in [0.4, 0.5) is 5.69 Å². The third-order valence-electron chi connectivity index (χ3n) is 4.22. The van der Waals surface area contributed by atoms with Crippen LogP contribution in [0.25, 0.3) is 0 Å². The van der Waals surface area contributed by atoms with E-state index in [1.807, 2.05) is 6.92 Å². The molecule has 2 rings (SSSR count). The second-order valence-corrected chi connectivity index (χ2v) is 8.43. The second kappa shape index (κ2) is 9.48. The standard InChI is InChI=1S/C20H25N3O4S/c1-4-14-21-19(24)16-12-8-9-13-17(16)22-20(25)18(23(2)28(3,26)27)15-10-6-5-7-11-15/h5-13,18H,4,14H2,1-3H3,(H,21,24)(H,22,25). The van der Waals surface area contributed by atoms with Gasteiger partial charge in [0.2, 0.25) is 15.9 Å². The molecule has 2 N–H and O–H groups in total. The van der Waals surface area contributed by atoms with E-state index in [1.165, 1.54) is 7.05 Å². The van der Waals surface area contributed by atoms with Crippen LogP contribution in [0.2, 0.25) is 0 Å². The lowest BCUT2D eigenvalue weighted by molar-refractivity contribution is -0.119. The fraction of sp³-hybridized carbons (Fsp3) is 0.300. The fourth-order valence-electron chi connectivity index (χ4n) is 2.68. The van der Waals surface area contributed by atoms with Crippen molar-refractivity contribution in [1.82, 2.24) is 9.62 Å². The molecule has 0 aliphatic carbocycles. The lowest BCUT2D eigenvalue weighted by Gasteiger charge is -2.26. The van der Waals surface area contributed by atoms with E-state index >= 15 is 0 Å². The molecule has 7 nitrogen and oxygen atoms in total. The molecule has 0 aliphatic heterocycles. The van der Waals surface area contributed by atoms with Crippen LogP contribution in [0, 0.1) is 0 Å². The Kier molecular flexibility index (Phi) is 7.31. The van der Waals surface area contributed by atoms with Crippen molar-refractivity contribution in [3.63, 3.8) is 0 Å². The van der Waals surface area contributed by atoms with Gasteiger partial charge in [0.1, 0.15) is 6.04 Å². The summed E-state index contributed by atoms with van der Waals surface area (Å²) in [5.41, 5.74) is 1.17. The highest BCUT2D eigenvalue weighted by Crippen LogP contribution is 2.25. The number of nitrogens with zero attached hydrogens (tertiary/aromatic N) is 1. The molecule has 0 aromatic heterocycles. The average molecular weight is 404 g/mol. The van der Waals surface area contributed by atoms with Gasteiger partial charge in [-0.1, -0.05) is 49.4 Å². The quantitative estimate of drug-likeness (QED) is 0.707. The normalized spacial score (nSPS) is 12.4. The Morgan fingerprint density at radius 3 is 2.25 bits per heavy atom. The molecule has 150 valence electrons. The number of rotatable bonds is 8. The third kappa shape index (κ3) is 5.40. The molecule has 2 amide bonds. The molecule has 0 radical (unpaired) electrons. The number of nitrogens with one attached hydrogen (secondary N) is 2. The minimum absolute atomic E-state index is 0.300. The van der Waals surface area contributed by atoms with Gasteiger partial charge in [-0.15, -0.1) is 0 Å². The summed E-state index contributed by atoms with van der Waals surface area (Å²) in [5.74, 6) is -0.847. The molecule has 2 aromatic rings. The molecule has 1 atom stereocenters. The van der Waals surface area contributed by atoms with Crippen LogP contribution < -0.4 is 10.6 Å². The lowest BCUT2D eigenvalue weighted by Crippen LogP contribution is -2.38. The number of anilines is 1. The van der Waals surface area contributed by atoms with Crippen LogP contribution in [0.1, 0.15) is 35.3 Å². The van der Waals surface area contributed by atoms with E-state index in [2.05, 4.69) is 10.6 Å². The molecule has 0 saturated carbocycles. The Morgan fingerprint density at radius 2 is 1.64 bits per heavy atom. The first kappa shape index (κ1) is 21.6. The molecule has 0 spiro atoms. The molecule has 2 aromatic carbocycles. The van der Waals surface area contributed by atoms with E-state index in [-0.39, 0.29) is 5.91 Å². The highest BCUT2D eigenvalue weighted by molar-refractivity contribution is 7.88. The summed E-state index contributed by atoms with van der Waals surface area (Å²) < 4.78 is 25.2. The zero-order chi connectivity index (χ0) is 20.7. The molecule has 0 heterocycles.